The van der Waals surface area contributed by atoms with E-state index in [-0.39, 0.29) is 11.0 Å². The van der Waals surface area contributed by atoms with Crippen LogP contribution in [0, 0.1) is 19.3 Å². The topological polar surface area (TPSA) is 52.7 Å². The molecule has 0 spiro atoms. The van der Waals surface area contributed by atoms with Crippen molar-refractivity contribution in [3.05, 3.63) is 58.7 Å². The Morgan fingerprint density at radius 3 is 2.61 bits per heavy atom. The smallest absolute Gasteiger partial charge is 0.261 e. The van der Waals surface area contributed by atoms with Crippen LogP contribution >= 0.6 is 0 Å². The van der Waals surface area contributed by atoms with Crippen molar-refractivity contribution >= 4 is 10.9 Å². The molecule has 5 heteroatoms. The first-order valence-corrected chi connectivity index (χ1v) is 8.00. The van der Waals surface area contributed by atoms with Gasteiger partial charge in [0, 0.05) is 30.9 Å². The lowest BCUT2D eigenvalue weighted by Gasteiger charge is -2.18. The molecule has 4 rings (SSSR count). The summed E-state index contributed by atoms with van der Waals surface area (Å²) in [5.74, 6) is 1.02. The number of hydrogen-bond donors (Lipinski definition) is 0. The molecular formula is C18H20N4O. The van der Waals surface area contributed by atoms with Crippen molar-refractivity contribution in [3.63, 3.8) is 0 Å². The summed E-state index contributed by atoms with van der Waals surface area (Å²) in [4.78, 5) is 21.5. The molecule has 2 aromatic heterocycles. The Hall–Kier alpha value is -2.43. The Kier molecular flexibility index (Phi) is 3.11. The van der Waals surface area contributed by atoms with Crippen LogP contribution in [0.4, 0.5) is 0 Å². The molecule has 1 saturated carbocycles. The lowest BCUT2D eigenvalue weighted by Crippen LogP contribution is -2.27. The minimum atomic E-state index is 0.0589. The number of rotatable bonds is 4. The summed E-state index contributed by atoms with van der Waals surface area (Å²) in [5, 5.41) is 0.702. The molecule has 0 amide bonds. The van der Waals surface area contributed by atoms with E-state index in [1.165, 1.54) is 0 Å². The van der Waals surface area contributed by atoms with Crippen LogP contribution in [-0.2, 0) is 13.1 Å². The van der Waals surface area contributed by atoms with E-state index in [2.05, 4.69) is 14.5 Å². The highest BCUT2D eigenvalue weighted by atomic mass is 16.1. The predicted octanol–water partition coefficient (Wildman–Crippen LogP) is 2.69. The molecule has 2 heterocycles. The number of hydrogen-bond acceptors (Lipinski definition) is 3. The first-order chi connectivity index (χ1) is 11.1. The second-order valence-electron chi connectivity index (χ2n) is 6.80. The van der Waals surface area contributed by atoms with Gasteiger partial charge in [-0.1, -0.05) is 6.07 Å². The third kappa shape index (κ3) is 2.56. The third-order valence-corrected chi connectivity index (χ3v) is 4.87. The molecule has 3 aromatic rings. The summed E-state index contributed by atoms with van der Waals surface area (Å²) in [6.07, 6.45) is 7.83. The molecule has 23 heavy (non-hydrogen) atoms. The normalized spacial score (nSPS) is 15.9. The molecule has 0 atom stereocenters. The van der Waals surface area contributed by atoms with Crippen molar-refractivity contribution in [2.24, 2.45) is 5.41 Å². The van der Waals surface area contributed by atoms with Gasteiger partial charge in [-0.05, 0) is 44.4 Å². The maximum atomic E-state index is 12.7. The van der Waals surface area contributed by atoms with Crippen molar-refractivity contribution < 1.29 is 0 Å². The minimum Gasteiger partial charge on any atom is -0.335 e. The molecular weight excluding hydrogens is 288 g/mol. The first-order valence-electron chi connectivity index (χ1n) is 8.00. The Bertz CT molecular complexity index is 934. The van der Waals surface area contributed by atoms with Gasteiger partial charge in [0.1, 0.15) is 5.82 Å². The fourth-order valence-corrected chi connectivity index (χ4v) is 3.22. The average Bonchev–Trinajstić information content (AvgIpc) is 3.17. The SMILES string of the molecule is Cc1ccc2c(=O)n(CC3(Cn4ccnc4C)CC3)cnc2c1. The molecule has 0 saturated heterocycles. The molecule has 1 aromatic carbocycles. The van der Waals surface area contributed by atoms with Crippen molar-refractivity contribution in [1.82, 2.24) is 19.1 Å². The summed E-state index contributed by atoms with van der Waals surface area (Å²) in [7, 11) is 0. The van der Waals surface area contributed by atoms with Gasteiger partial charge in [0.25, 0.3) is 5.56 Å². The van der Waals surface area contributed by atoms with Crippen molar-refractivity contribution in [3.8, 4) is 0 Å². The van der Waals surface area contributed by atoms with Gasteiger partial charge in [-0.15, -0.1) is 0 Å². The number of benzene rings is 1. The summed E-state index contributed by atoms with van der Waals surface area (Å²) in [5.41, 5.74) is 2.12. The van der Waals surface area contributed by atoms with E-state index in [0.717, 1.165) is 42.8 Å². The number of fused-ring (bicyclic) bond motifs is 1. The van der Waals surface area contributed by atoms with E-state index in [4.69, 9.17) is 0 Å². The first kappa shape index (κ1) is 14.2. The Morgan fingerprint density at radius 1 is 1.13 bits per heavy atom. The molecule has 118 valence electrons. The lowest BCUT2D eigenvalue weighted by atomic mass is 10.1. The van der Waals surface area contributed by atoms with Gasteiger partial charge in [0.05, 0.1) is 17.2 Å². The highest BCUT2D eigenvalue weighted by Gasteiger charge is 2.43. The van der Waals surface area contributed by atoms with Gasteiger partial charge in [-0.2, -0.15) is 0 Å². The van der Waals surface area contributed by atoms with Gasteiger partial charge < -0.3 is 4.57 Å². The molecule has 5 nitrogen and oxygen atoms in total. The molecule has 0 unspecified atom stereocenters. The molecule has 1 aliphatic rings. The predicted molar refractivity (Wildman–Crippen MR) is 89.4 cm³/mol. The fourth-order valence-electron chi connectivity index (χ4n) is 3.22. The van der Waals surface area contributed by atoms with Crippen molar-refractivity contribution in [2.45, 2.75) is 39.8 Å². The Balaban J connectivity index is 1.65. The van der Waals surface area contributed by atoms with Crippen LogP contribution in [0.5, 0.6) is 0 Å². The largest absolute Gasteiger partial charge is 0.335 e. The number of nitrogens with zero attached hydrogens (tertiary/aromatic N) is 4. The molecule has 0 aliphatic heterocycles. The quantitative estimate of drug-likeness (QED) is 0.744. The summed E-state index contributed by atoms with van der Waals surface area (Å²) in [6.45, 7) is 5.67. The van der Waals surface area contributed by atoms with Crippen LogP contribution in [0.25, 0.3) is 10.9 Å². The Morgan fingerprint density at radius 2 is 1.91 bits per heavy atom. The van der Waals surface area contributed by atoms with Crippen LogP contribution in [-0.4, -0.2) is 19.1 Å². The maximum absolute atomic E-state index is 12.7. The monoisotopic (exact) mass is 308 g/mol. The molecule has 0 N–H and O–H groups in total. The highest BCUT2D eigenvalue weighted by molar-refractivity contribution is 5.77. The van der Waals surface area contributed by atoms with Crippen LogP contribution < -0.4 is 5.56 Å². The standard InChI is InChI=1S/C18H20N4O/c1-13-3-4-15-16(9-13)20-12-22(17(15)23)11-18(5-6-18)10-21-8-7-19-14(21)2/h3-4,7-9,12H,5-6,10-11H2,1-2H3. The van der Waals surface area contributed by atoms with E-state index in [1.54, 1.807) is 10.9 Å². The molecule has 1 aliphatic carbocycles. The highest BCUT2D eigenvalue weighted by Crippen LogP contribution is 2.48. The van der Waals surface area contributed by atoms with E-state index in [1.807, 2.05) is 44.4 Å². The van der Waals surface area contributed by atoms with Crippen LogP contribution in [0.15, 0.2) is 41.7 Å². The van der Waals surface area contributed by atoms with Crippen molar-refractivity contribution in [2.75, 3.05) is 0 Å². The molecule has 0 radical (unpaired) electrons. The van der Waals surface area contributed by atoms with Gasteiger partial charge in [0.15, 0.2) is 0 Å². The lowest BCUT2D eigenvalue weighted by molar-refractivity contribution is 0.353. The van der Waals surface area contributed by atoms with Crippen LogP contribution in [0.2, 0.25) is 0 Å². The summed E-state index contributed by atoms with van der Waals surface area (Å²) >= 11 is 0. The summed E-state index contributed by atoms with van der Waals surface area (Å²) in [6, 6.07) is 5.82. The molecule has 0 bridgehead atoms. The minimum absolute atomic E-state index is 0.0589. The third-order valence-electron chi connectivity index (χ3n) is 4.87. The zero-order valence-electron chi connectivity index (χ0n) is 13.5. The van der Waals surface area contributed by atoms with E-state index < -0.39 is 0 Å². The van der Waals surface area contributed by atoms with Crippen molar-refractivity contribution in [1.29, 1.82) is 0 Å². The molecule has 1 fully saturated rings. The van der Waals surface area contributed by atoms with Gasteiger partial charge in [-0.3, -0.25) is 9.36 Å². The second-order valence-corrected chi connectivity index (χ2v) is 6.80. The van der Waals surface area contributed by atoms with Gasteiger partial charge in [0.2, 0.25) is 0 Å². The Labute approximate surface area is 134 Å². The maximum Gasteiger partial charge on any atom is 0.261 e. The van der Waals surface area contributed by atoms with E-state index in [0.29, 0.717) is 5.39 Å². The van der Waals surface area contributed by atoms with Crippen LogP contribution in [0.3, 0.4) is 0 Å². The number of aryl methyl sites for hydroxylation is 2. The van der Waals surface area contributed by atoms with E-state index in [9.17, 15) is 4.79 Å². The van der Waals surface area contributed by atoms with E-state index >= 15 is 0 Å². The number of imidazole rings is 1. The van der Waals surface area contributed by atoms with Gasteiger partial charge in [-0.25, -0.2) is 9.97 Å². The average molecular weight is 308 g/mol. The fraction of sp³-hybridized carbons (Fsp3) is 0.389. The second kappa shape index (κ2) is 5.05. The summed E-state index contributed by atoms with van der Waals surface area (Å²) < 4.78 is 3.95. The van der Waals surface area contributed by atoms with Gasteiger partial charge >= 0.3 is 0 Å². The zero-order chi connectivity index (χ0) is 16.0. The van der Waals surface area contributed by atoms with Crippen LogP contribution in [0.1, 0.15) is 24.2 Å². The number of aromatic nitrogens is 4. The zero-order valence-corrected chi connectivity index (χ0v) is 13.5.